The molecule has 0 bridgehead atoms. The van der Waals surface area contributed by atoms with Gasteiger partial charge in [0.15, 0.2) is 17.1 Å². The Morgan fingerprint density at radius 1 is 1.00 bits per heavy atom. The average molecular weight is 439 g/mol. The van der Waals surface area contributed by atoms with Gasteiger partial charge in [0.25, 0.3) is 0 Å². The fraction of sp³-hybridized carbons (Fsp3) is 0.300. The summed E-state index contributed by atoms with van der Waals surface area (Å²) < 4.78 is 47.8. The Morgan fingerprint density at radius 2 is 1.58 bits per heavy atom. The molecule has 9 nitrogen and oxygen atoms in total. The lowest BCUT2D eigenvalue weighted by Gasteiger charge is -2.11. The third kappa shape index (κ3) is 5.05. The SMILES string of the molecule is CCOC(=O)C(=COc1c(F)c(F)cc2c(=O)c(C(=O)OCC)c[nH]c12)C(=O)OCC. The minimum absolute atomic E-state index is 0.00224. The van der Waals surface area contributed by atoms with Gasteiger partial charge in [0, 0.05) is 6.20 Å². The van der Waals surface area contributed by atoms with Crippen LogP contribution in [0.4, 0.5) is 8.78 Å². The van der Waals surface area contributed by atoms with Crippen LogP contribution in [-0.2, 0) is 23.8 Å². The molecule has 0 saturated carbocycles. The first-order chi connectivity index (χ1) is 14.8. The quantitative estimate of drug-likeness (QED) is 0.166. The number of aromatic nitrogens is 1. The summed E-state index contributed by atoms with van der Waals surface area (Å²) in [6.45, 7) is 4.37. The second-order valence-electron chi connectivity index (χ2n) is 5.77. The first-order valence-electron chi connectivity index (χ1n) is 9.18. The van der Waals surface area contributed by atoms with E-state index in [0.717, 1.165) is 6.20 Å². The van der Waals surface area contributed by atoms with Crippen LogP contribution in [0.3, 0.4) is 0 Å². The minimum atomic E-state index is -1.50. The van der Waals surface area contributed by atoms with Crippen LogP contribution >= 0.6 is 0 Å². The fourth-order valence-electron chi connectivity index (χ4n) is 2.47. The maximum atomic E-state index is 14.4. The topological polar surface area (TPSA) is 121 Å². The molecule has 2 rings (SSSR count). The summed E-state index contributed by atoms with van der Waals surface area (Å²) in [5.74, 6) is -6.97. The highest BCUT2D eigenvalue weighted by molar-refractivity contribution is 6.13. The molecule has 0 aliphatic heterocycles. The van der Waals surface area contributed by atoms with E-state index >= 15 is 0 Å². The Balaban J connectivity index is 2.61. The number of hydrogen-bond acceptors (Lipinski definition) is 8. The lowest BCUT2D eigenvalue weighted by molar-refractivity contribution is -0.146. The highest BCUT2D eigenvalue weighted by Gasteiger charge is 2.25. The Morgan fingerprint density at radius 3 is 2.13 bits per heavy atom. The average Bonchev–Trinajstić information content (AvgIpc) is 2.72. The van der Waals surface area contributed by atoms with E-state index in [4.69, 9.17) is 18.9 Å². The van der Waals surface area contributed by atoms with Gasteiger partial charge in [-0.05, 0) is 26.8 Å². The summed E-state index contributed by atoms with van der Waals surface area (Å²) >= 11 is 0. The number of ether oxygens (including phenoxy) is 4. The molecule has 2 aromatic rings. The van der Waals surface area contributed by atoms with Gasteiger partial charge in [0.2, 0.25) is 11.2 Å². The lowest BCUT2D eigenvalue weighted by Crippen LogP contribution is -2.20. The van der Waals surface area contributed by atoms with E-state index in [9.17, 15) is 28.0 Å². The van der Waals surface area contributed by atoms with Crippen molar-refractivity contribution in [2.45, 2.75) is 20.8 Å². The van der Waals surface area contributed by atoms with Gasteiger partial charge in [-0.1, -0.05) is 0 Å². The zero-order valence-electron chi connectivity index (χ0n) is 16.9. The molecule has 0 atom stereocenters. The molecule has 11 heteroatoms. The highest BCUT2D eigenvalue weighted by Crippen LogP contribution is 2.29. The smallest absolute Gasteiger partial charge is 0.348 e. The van der Waals surface area contributed by atoms with Gasteiger partial charge in [0.1, 0.15) is 11.8 Å². The summed E-state index contributed by atoms with van der Waals surface area (Å²) in [7, 11) is 0. The van der Waals surface area contributed by atoms with Crippen LogP contribution in [0.2, 0.25) is 0 Å². The number of hydrogen-bond donors (Lipinski definition) is 1. The zero-order valence-corrected chi connectivity index (χ0v) is 16.9. The van der Waals surface area contributed by atoms with Crippen molar-refractivity contribution >= 4 is 28.8 Å². The summed E-state index contributed by atoms with van der Waals surface area (Å²) in [6, 6.07) is 0.584. The van der Waals surface area contributed by atoms with E-state index in [1.54, 1.807) is 0 Å². The van der Waals surface area contributed by atoms with Gasteiger partial charge >= 0.3 is 17.9 Å². The van der Waals surface area contributed by atoms with Crippen LogP contribution in [-0.4, -0.2) is 42.7 Å². The molecule has 0 amide bonds. The summed E-state index contributed by atoms with van der Waals surface area (Å²) in [6.07, 6.45) is 1.49. The Hall–Kier alpha value is -3.76. The van der Waals surface area contributed by atoms with Crippen molar-refractivity contribution in [2.24, 2.45) is 0 Å². The molecule has 0 fully saturated rings. The number of halogens is 2. The molecule has 1 aromatic carbocycles. The molecule has 0 unspecified atom stereocenters. The van der Waals surface area contributed by atoms with Crippen molar-refractivity contribution in [1.29, 1.82) is 0 Å². The van der Waals surface area contributed by atoms with Crippen LogP contribution in [0.25, 0.3) is 10.9 Å². The lowest BCUT2D eigenvalue weighted by atomic mass is 10.1. The van der Waals surface area contributed by atoms with E-state index in [1.807, 2.05) is 0 Å². The van der Waals surface area contributed by atoms with Gasteiger partial charge in [-0.2, -0.15) is 4.39 Å². The molecule has 1 N–H and O–H groups in total. The van der Waals surface area contributed by atoms with Gasteiger partial charge in [0.05, 0.1) is 30.7 Å². The van der Waals surface area contributed by atoms with Crippen molar-refractivity contribution in [1.82, 2.24) is 4.98 Å². The number of benzene rings is 1. The number of rotatable bonds is 8. The second-order valence-corrected chi connectivity index (χ2v) is 5.77. The number of carbonyl (C=O) groups excluding carboxylic acids is 3. The number of fused-ring (bicyclic) bond motifs is 1. The Kier molecular flexibility index (Phi) is 7.83. The molecule has 0 saturated heterocycles. The van der Waals surface area contributed by atoms with Crippen molar-refractivity contribution in [3.8, 4) is 5.75 Å². The van der Waals surface area contributed by atoms with Crippen LogP contribution in [0.5, 0.6) is 5.75 Å². The number of esters is 3. The second kappa shape index (κ2) is 10.3. The fourth-order valence-corrected chi connectivity index (χ4v) is 2.47. The normalized spacial score (nSPS) is 10.4. The molecule has 1 aromatic heterocycles. The van der Waals surface area contributed by atoms with Gasteiger partial charge in [-0.25, -0.2) is 18.8 Å². The van der Waals surface area contributed by atoms with Crippen molar-refractivity contribution in [2.75, 3.05) is 19.8 Å². The monoisotopic (exact) mass is 439 g/mol. The highest BCUT2D eigenvalue weighted by atomic mass is 19.2. The summed E-state index contributed by atoms with van der Waals surface area (Å²) in [5.41, 5.74) is -2.40. The molecule has 0 spiro atoms. The van der Waals surface area contributed by atoms with Crippen molar-refractivity contribution in [3.63, 3.8) is 0 Å². The van der Waals surface area contributed by atoms with Crippen molar-refractivity contribution in [3.05, 3.63) is 51.5 Å². The maximum absolute atomic E-state index is 14.4. The van der Waals surface area contributed by atoms with Crippen LogP contribution < -0.4 is 10.2 Å². The third-order valence-electron chi connectivity index (χ3n) is 3.81. The summed E-state index contributed by atoms with van der Waals surface area (Å²) in [5, 5.41) is -0.415. The Bertz CT molecular complexity index is 1090. The molecule has 0 radical (unpaired) electrons. The largest absolute Gasteiger partial charge is 0.462 e. The van der Waals surface area contributed by atoms with Crippen LogP contribution in [0, 0.1) is 11.6 Å². The van der Waals surface area contributed by atoms with Gasteiger partial charge in [-0.15, -0.1) is 0 Å². The number of carbonyl (C=O) groups is 3. The van der Waals surface area contributed by atoms with Gasteiger partial charge < -0.3 is 23.9 Å². The molecule has 0 aliphatic rings. The van der Waals surface area contributed by atoms with Gasteiger partial charge in [-0.3, -0.25) is 4.79 Å². The first-order valence-corrected chi connectivity index (χ1v) is 9.18. The first kappa shape index (κ1) is 23.5. The predicted octanol–water partition coefficient (Wildman–Crippen LogP) is 2.37. The number of nitrogens with one attached hydrogen (secondary N) is 1. The predicted molar refractivity (Wildman–Crippen MR) is 102 cm³/mol. The summed E-state index contributed by atoms with van der Waals surface area (Å²) in [4.78, 5) is 50.9. The number of H-pyrrole nitrogens is 1. The minimum Gasteiger partial charge on any atom is -0.462 e. The van der Waals surface area contributed by atoms with E-state index in [-0.39, 0.29) is 25.3 Å². The van der Waals surface area contributed by atoms with E-state index in [0.29, 0.717) is 12.3 Å². The van der Waals surface area contributed by atoms with E-state index in [2.05, 4.69) is 4.98 Å². The number of aromatic amines is 1. The molecule has 1 heterocycles. The molecule has 0 aliphatic carbocycles. The molecule has 166 valence electrons. The Labute approximate surface area is 174 Å². The van der Waals surface area contributed by atoms with Crippen LogP contribution in [0.1, 0.15) is 31.1 Å². The number of pyridine rings is 1. The van der Waals surface area contributed by atoms with Crippen LogP contribution in [0.15, 0.2) is 28.9 Å². The maximum Gasteiger partial charge on any atom is 0.348 e. The molecular formula is C20H19F2NO8. The van der Waals surface area contributed by atoms with E-state index < -0.39 is 57.2 Å². The van der Waals surface area contributed by atoms with Crippen molar-refractivity contribution < 1.29 is 42.1 Å². The zero-order chi connectivity index (χ0) is 23.1. The molecular weight excluding hydrogens is 420 g/mol. The third-order valence-corrected chi connectivity index (χ3v) is 3.81. The molecule has 31 heavy (non-hydrogen) atoms. The standard InChI is InChI=1S/C20H19F2NO8/c1-4-28-18(25)11-8-23-15-10(16(11)24)7-13(21)14(22)17(15)31-9-12(19(26)29-5-2)20(27)30-6-3/h7-9H,4-6H2,1-3H3,(H,23,24). The van der Waals surface area contributed by atoms with E-state index in [1.165, 1.54) is 20.8 Å².